The first-order valence-electron chi connectivity index (χ1n) is 4.99. The zero-order valence-corrected chi connectivity index (χ0v) is 8.75. The first-order chi connectivity index (χ1) is 7.97. The second kappa shape index (κ2) is 4.24. The summed E-state index contributed by atoms with van der Waals surface area (Å²) in [5.74, 6) is -0.456. The van der Waals surface area contributed by atoms with Crippen LogP contribution in [0.5, 0.6) is 0 Å². The van der Waals surface area contributed by atoms with E-state index in [0.717, 1.165) is 12.1 Å². The Morgan fingerprint density at radius 2 is 2.06 bits per heavy atom. The van der Waals surface area contributed by atoms with Crippen molar-refractivity contribution in [2.45, 2.75) is 12.6 Å². The van der Waals surface area contributed by atoms with Crippen LogP contribution in [0.1, 0.15) is 11.1 Å². The number of esters is 1. The van der Waals surface area contributed by atoms with Gasteiger partial charge in [-0.15, -0.1) is 0 Å². The number of cyclic esters (lactones) is 1. The number of hydrogen-bond acceptors (Lipinski definition) is 2. The molecule has 0 N–H and O–H groups in total. The molecule has 0 aliphatic carbocycles. The molecule has 1 heterocycles. The average molecular weight is 242 g/mol. The minimum atomic E-state index is -4.36. The Hall–Kier alpha value is -1.78. The van der Waals surface area contributed by atoms with E-state index in [1.165, 1.54) is 6.07 Å². The Morgan fingerprint density at radius 1 is 1.29 bits per heavy atom. The molecule has 0 saturated carbocycles. The van der Waals surface area contributed by atoms with Crippen molar-refractivity contribution in [1.29, 1.82) is 0 Å². The van der Waals surface area contributed by atoms with Crippen LogP contribution in [-0.4, -0.2) is 12.6 Å². The van der Waals surface area contributed by atoms with Crippen molar-refractivity contribution in [3.8, 4) is 0 Å². The smallest absolute Gasteiger partial charge is 0.416 e. The summed E-state index contributed by atoms with van der Waals surface area (Å²) in [6.07, 6.45) is -2.61. The van der Waals surface area contributed by atoms with Crippen molar-refractivity contribution in [3.05, 3.63) is 47.0 Å². The monoisotopic (exact) mass is 242 g/mol. The molecule has 90 valence electrons. The van der Waals surface area contributed by atoms with Gasteiger partial charge in [-0.1, -0.05) is 18.2 Å². The van der Waals surface area contributed by atoms with Gasteiger partial charge < -0.3 is 4.74 Å². The van der Waals surface area contributed by atoms with Crippen LogP contribution in [0.3, 0.4) is 0 Å². The quantitative estimate of drug-likeness (QED) is 0.745. The number of ether oxygens (including phenoxy) is 1. The first-order valence-corrected chi connectivity index (χ1v) is 4.99. The van der Waals surface area contributed by atoms with E-state index in [1.54, 1.807) is 12.1 Å². The molecule has 0 amide bonds. The van der Waals surface area contributed by atoms with Crippen molar-refractivity contribution in [3.63, 3.8) is 0 Å². The molecule has 0 radical (unpaired) electrons. The van der Waals surface area contributed by atoms with E-state index in [9.17, 15) is 18.0 Å². The van der Waals surface area contributed by atoms with Crippen LogP contribution in [0.25, 0.3) is 0 Å². The third-order valence-electron chi connectivity index (χ3n) is 2.46. The van der Waals surface area contributed by atoms with E-state index in [4.69, 9.17) is 0 Å². The number of carbonyl (C=O) groups is 1. The molecule has 0 unspecified atom stereocenters. The molecule has 0 bridgehead atoms. The van der Waals surface area contributed by atoms with Crippen LogP contribution in [-0.2, 0) is 22.1 Å². The highest BCUT2D eigenvalue weighted by Crippen LogP contribution is 2.30. The summed E-state index contributed by atoms with van der Waals surface area (Å²) in [6.45, 7) is 0.202. The number of hydrogen-bond donors (Lipinski definition) is 0. The molecule has 0 fully saturated rings. The van der Waals surface area contributed by atoms with Crippen LogP contribution < -0.4 is 0 Å². The fraction of sp³-hybridized carbons (Fsp3) is 0.250. The lowest BCUT2D eigenvalue weighted by molar-refractivity contribution is -0.137. The maximum Gasteiger partial charge on any atom is 0.416 e. The molecule has 2 rings (SSSR count). The molecule has 2 nitrogen and oxygen atoms in total. The van der Waals surface area contributed by atoms with Gasteiger partial charge in [-0.3, -0.25) is 0 Å². The van der Waals surface area contributed by atoms with Gasteiger partial charge in [0.05, 0.1) is 5.56 Å². The van der Waals surface area contributed by atoms with Gasteiger partial charge in [-0.25, -0.2) is 4.79 Å². The van der Waals surface area contributed by atoms with Crippen LogP contribution in [0.4, 0.5) is 13.2 Å². The molecule has 1 aliphatic rings. The van der Waals surface area contributed by atoms with Gasteiger partial charge >= 0.3 is 12.1 Å². The van der Waals surface area contributed by atoms with E-state index >= 15 is 0 Å². The number of benzene rings is 1. The lowest BCUT2D eigenvalue weighted by atomic mass is 10.0. The van der Waals surface area contributed by atoms with Crippen molar-refractivity contribution < 1.29 is 22.7 Å². The lowest BCUT2D eigenvalue weighted by Gasteiger charge is -2.08. The van der Waals surface area contributed by atoms with Crippen molar-refractivity contribution in [1.82, 2.24) is 0 Å². The second-order valence-electron chi connectivity index (χ2n) is 3.70. The van der Waals surface area contributed by atoms with E-state index < -0.39 is 17.7 Å². The largest absolute Gasteiger partial charge is 0.458 e. The van der Waals surface area contributed by atoms with Crippen LogP contribution in [0.2, 0.25) is 0 Å². The van der Waals surface area contributed by atoms with E-state index in [1.807, 2.05) is 0 Å². The molecule has 1 aliphatic heterocycles. The third-order valence-corrected chi connectivity index (χ3v) is 2.46. The normalized spacial score (nSPS) is 15.7. The van der Waals surface area contributed by atoms with Crippen LogP contribution >= 0.6 is 0 Å². The summed E-state index contributed by atoms with van der Waals surface area (Å²) >= 11 is 0. The summed E-state index contributed by atoms with van der Waals surface area (Å²) in [7, 11) is 0. The van der Waals surface area contributed by atoms with Gasteiger partial charge in [0.2, 0.25) is 0 Å². The maximum absolute atomic E-state index is 12.5. The Labute approximate surface area is 95.7 Å². The van der Waals surface area contributed by atoms with Gasteiger partial charge in [0, 0.05) is 12.0 Å². The fourth-order valence-electron chi connectivity index (χ4n) is 1.62. The topological polar surface area (TPSA) is 26.3 Å². The van der Waals surface area contributed by atoms with Crippen LogP contribution in [0.15, 0.2) is 35.9 Å². The lowest BCUT2D eigenvalue weighted by Crippen LogP contribution is -2.06. The Balaban J connectivity index is 2.20. The summed E-state index contributed by atoms with van der Waals surface area (Å²) in [5.41, 5.74) is 0.149. The van der Waals surface area contributed by atoms with E-state index in [2.05, 4.69) is 4.74 Å². The van der Waals surface area contributed by atoms with E-state index in [0.29, 0.717) is 11.1 Å². The molecule has 1 aromatic carbocycles. The minimum Gasteiger partial charge on any atom is -0.458 e. The van der Waals surface area contributed by atoms with Gasteiger partial charge in [0.25, 0.3) is 0 Å². The Bertz CT molecular complexity index is 475. The summed E-state index contributed by atoms with van der Waals surface area (Å²) in [5, 5.41) is 0. The molecule has 0 atom stereocenters. The highest BCUT2D eigenvalue weighted by atomic mass is 19.4. The van der Waals surface area contributed by atoms with Crippen molar-refractivity contribution >= 4 is 5.97 Å². The fourth-order valence-corrected chi connectivity index (χ4v) is 1.62. The molecule has 0 aromatic heterocycles. The van der Waals surface area contributed by atoms with Gasteiger partial charge in [0.15, 0.2) is 0 Å². The summed E-state index contributed by atoms with van der Waals surface area (Å²) in [4.78, 5) is 11.1. The Morgan fingerprint density at radius 3 is 2.65 bits per heavy atom. The standard InChI is InChI=1S/C12H9F3O2/c13-12(14,15)10-3-1-2-8(7-10)6-9-4-5-17-11(9)16/h1-4,7H,5-6H2. The summed E-state index contributed by atoms with van der Waals surface area (Å²) < 4.78 is 42.0. The summed E-state index contributed by atoms with van der Waals surface area (Å²) in [6, 6.07) is 4.94. The molecular formula is C12H9F3O2. The number of carbonyl (C=O) groups excluding carboxylic acids is 1. The van der Waals surface area contributed by atoms with Gasteiger partial charge in [-0.05, 0) is 17.7 Å². The molecule has 17 heavy (non-hydrogen) atoms. The highest BCUT2D eigenvalue weighted by molar-refractivity contribution is 5.90. The molecule has 0 saturated heterocycles. The number of rotatable bonds is 2. The molecule has 5 heteroatoms. The van der Waals surface area contributed by atoms with Crippen molar-refractivity contribution in [2.24, 2.45) is 0 Å². The number of alkyl halides is 3. The van der Waals surface area contributed by atoms with E-state index in [-0.39, 0.29) is 13.0 Å². The SMILES string of the molecule is O=C1OCC=C1Cc1cccc(C(F)(F)F)c1. The minimum absolute atomic E-state index is 0.169. The van der Waals surface area contributed by atoms with Gasteiger partial charge in [-0.2, -0.15) is 13.2 Å². The molecule has 0 spiro atoms. The predicted octanol–water partition coefficient (Wildman–Crippen LogP) is 2.73. The second-order valence-corrected chi connectivity index (χ2v) is 3.70. The third kappa shape index (κ3) is 2.67. The maximum atomic E-state index is 12.5. The van der Waals surface area contributed by atoms with Gasteiger partial charge in [0.1, 0.15) is 6.61 Å². The predicted molar refractivity (Wildman–Crippen MR) is 54.2 cm³/mol. The highest BCUT2D eigenvalue weighted by Gasteiger charge is 2.30. The van der Waals surface area contributed by atoms with Crippen molar-refractivity contribution in [2.75, 3.05) is 6.61 Å². The molecular weight excluding hydrogens is 233 g/mol. The average Bonchev–Trinajstić information content (AvgIpc) is 2.64. The number of halogens is 3. The first kappa shape index (κ1) is 11.7. The Kier molecular flexibility index (Phi) is 2.92. The zero-order chi connectivity index (χ0) is 12.5. The molecule has 1 aromatic rings. The van der Waals surface area contributed by atoms with Crippen LogP contribution in [0, 0.1) is 0 Å². The zero-order valence-electron chi connectivity index (χ0n) is 8.75.